The third-order valence-corrected chi connectivity index (χ3v) is 3.79. The van der Waals surface area contributed by atoms with E-state index in [-0.39, 0.29) is 16.3 Å². The van der Waals surface area contributed by atoms with Gasteiger partial charge in [0.05, 0.1) is 16.4 Å². The first kappa shape index (κ1) is 16.5. The van der Waals surface area contributed by atoms with Gasteiger partial charge in [0, 0.05) is 5.56 Å². The number of ether oxygens (including phenoxy) is 1. The predicted octanol–water partition coefficient (Wildman–Crippen LogP) is 4.55. The monoisotopic (exact) mass is 338 g/mol. The van der Waals surface area contributed by atoms with E-state index in [0.717, 1.165) is 0 Å². The van der Waals surface area contributed by atoms with Crippen LogP contribution in [0.5, 0.6) is 5.75 Å². The summed E-state index contributed by atoms with van der Waals surface area (Å²) in [5.74, 6) is 1.90. The molecule has 0 spiro atoms. The Kier molecular flexibility index (Phi) is 5.23. The van der Waals surface area contributed by atoms with E-state index in [1.54, 1.807) is 13.0 Å². The summed E-state index contributed by atoms with van der Waals surface area (Å²) in [5, 5.41) is 0.151. The van der Waals surface area contributed by atoms with Gasteiger partial charge in [-0.1, -0.05) is 36.0 Å². The molecule has 1 aromatic heterocycles. The lowest BCUT2D eigenvalue weighted by Crippen LogP contribution is -2.09. The van der Waals surface area contributed by atoms with Crippen molar-refractivity contribution in [3.05, 3.63) is 40.0 Å². The van der Waals surface area contributed by atoms with Crippen LogP contribution in [0.2, 0.25) is 10.0 Å². The number of halogens is 3. The molecule has 114 valence electrons. The van der Waals surface area contributed by atoms with Crippen LogP contribution in [0.3, 0.4) is 0 Å². The highest BCUT2D eigenvalue weighted by Gasteiger charge is 2.19. The molecule has 2 rings (SSSR count). The standard InChI is InChI=1S/C16H13Cl2FN2O/c1-4-9(3)22-12-7-6-10(15(19)14(12)18)16-13(17)11(5-2)20-8-21-16/h1,6-9H,5H2,2-3H3. The van der Waals surface area contributed by atoms with Gasteiger partial charge in [-0.15, -0.1) is 6.42 Å². The van der Waals surface area contributed by atoms with Crippen molar-refractivity contribution in [2.24, 2.45) is 0 Å². The summed E-state index contributed by atoms with van der Waals surface area (Å²) < 4.78 is 19.9. The molecule has 0 saturated heterocycles. The Hall–Kier alpha value is -1.83. The molecule has 0 N–H and O–H groups in total. The number of terminal acetylenes is 1. The molecule has 0 fully saturated rings. The Morgan fingerprint density at radius 3 is 2.68 bits per heavy atom. The minimum absolute atomic E-state index is 0.160. The number of nitrogens with zero attached hydrogens (tertiary/aromatic N) is 2. The lowest BCUT2D eigenvalue weighted by molar-refractivity contribution is 0.278. The lowest BCUT2D eigenvalue weighted by atomic mass is 10.1. The van der Waals surface area contributed by atoms with Gasteiger partial charge < -0.3 is 4.74 Å². The molecule has 0 amide bonds. The number of hydrogen-bond acceptors (Lipinski definition) is 3. The SMILES string of the molecule is C#CC(C)Oc1ccc(-c2ncnc(CC)c2Cl)c(F)c1Cl. The molecule has 0 bridgehead atoms. The molecule has 1 unspecified atom stereocenters. The highest BCUT2D eigenvalue weighted by atomic mass is 35.5. The molecule has 1 heterocycles. The van der Waals surface area contributed by atoms with Crippen LogP contribution in [0.4, 0.5) is 4.39 Å². The van der Waals surface area contributed by atoms with Crippen molar-refractivity contribution in [1.82, 2.24) is 9.97 Å². The second-order valence-corrected chi connectivity index (χ2v) is 5.26. The van der Waals surface area contributed by atoms with Crippen molar-refractivity contribution in [3.8, 4) is 29.4 Å². The van der Waals surface area contributed by atoms with Gasteiger partial charge in [0.1, 0.15) is 17.1 Å². The number of hydrogen-bond donors (Lipinski definition) is 0. The first-order chi connectivity index (χ1) is 10.5. The number of aromatic nitrogens is 2. The first-order valence-electron chi connectivity index (χ1n) is 6.60. The number of benzene rings is 1. The molecular formula is C16H13Cl2FN2O. The van der Waals surface area contributed by atoms with Crippen LogP contribution in [0.1, 0.15) is 19.5 Å². The summed E-state index contributed by atoms with van der Waals surface area (Å²) in [7, 11) is 0. The summed E-state index contributed by atoms with van der Waals surface area (Å²) in [6, 6.07) is 3.05. The molecule has 1 aromatic carbocycles. The molecular weight excluding hydrogens is 326 g/mol. The molecule has 0 aliphatic carbocycles. The van der Waals surface area contributed by atoms with E-state index in [9.17, 15) is 4.39 Å². The quantitative estimate of drug-likeness (QED) is 0.767. The van der Waals surface area contributed by atoms with Crippen molar-refractivity contribution in [2.45, 2.75) is 26.4 Å². The molecule has 0 radical (unpaired) electrons. The highest BCUT2D eigenvalue weighted by Crippen LogP contribution is 2.37. The normalized spacial score (nSPS) is 11.8. The average Bonchev–Trinajstić information content (AvgIpc) is 2.52. The van der Waals surface area contributed by atoms with E-state index in [1.807, 2.05) is 6.92 Å². The van der Waals surface area contributed by atoms with Gasteiger partial charge in [-0.05, 0) is 25.5 Å². The highest BCUT2D eigenvalue weighted by molar-refractivity contribution is 6.34. The van der Waals surface area contributed by atoms with Crippen LogP contribution < -0.4 is 4.74 Å². The minimum Gasteiger partial charge on any atom is -0.476 e. The second kappa shape index (κ2) is 6.95. The van der Waals surface area contributed by atoms with Crippen LogP contribution in [0.15, 0.2) is 18.5 Å². The predicted molar refractivity (Wildman–Crippen MR) is 85.7 cm³/mol. The Morgan fingerprint density at radius 2 is 2.05 bits per heavy atom. The average molecular weight is 339 g/mol. The van der Waals surface area contributed by atoms with E-state index in [0.29, 0.717) is 22.8 Å². The minimum atomic E-state index is -0.661. The van der Waals surface area contributed by atoms with E-state index >= 15 is 0 Å². The molecule has 22 heavy (non-hydrogen) atoms. The molecule has 0 aliphatic heterocycles. The zero-order chi connectivity index (χ0) is 16.3. The lowest BCUT2D eigenvalue weighted by Gasteiger charge is -2.13. The van der Waals surface area contributed by atoms with Crippen LogP contribution in [0, 0.1) is 18.2 Å². The summed E-state index contributed by atoms with van der Waals surface area (Å²) in [4.78, 5) is 8.11. The second-order valence-electron chi connectivity index (χ2n) is 4.50. The van der Waals surface area contributed by atoms with E-state index < -0.39 is 11.9 Å². The fourth-order valence-corrected chi connectivity index (χ4v) is 2.41. The Morgan fingerprint density at radius 1 is 1.32 bits per heavy atom. The summed E-state index contributed by atoms with van der Waals surface area (Å²) >= 11 is 12.2. The Bertz CT molecular complexity index is 744. The van der Waals surface area contributed by atoms with Gasteiger partial charge in [-0.2, -0.15) is 0 Å². The van der Waals surface area contributed by atoms with Crippen LogP contribution in [-0.2, 0) is 6.42 Å². The summed E-state index contributed by atoms with van der Waals surface area (Å²) in [6.45, 7) is 3.57. The fourth-order valence-electron chi connectivity index (χ4n) is 1.87. The summed E-state index contributed by atoms with van der Waals surface area (Å²) in [5.41, 5.74) is 1.13. The third kappa shape index (κ3) is 3.16. The smallest absolute Gasteiger partial charge is 0.156 e. The van der Waals surface area contributed by atoms with Gasteiger partial charge in [0.15, 0.2) is 11.9 Å². The zero-order valence-corrected chi connectivity index (χ0v) is 13.5. The van der Waals surface area contributed by atoms with Gasteiger partial charge in [-0.3, -0.25) is 0 Å². The summed E-state index contributed by atoms with van der Waals surface area (Å²) in [6.07, 6.45) is 6.68. The first-order valence-corrected chi connectivity index (χ1v) is 7.35. The van der Waals surface area contributed by atoms with E-state index in [2.05, 4.69) is 15.9 Å². The number of rotatable bonds is 4. The Balaban J connectivity index is 2.51. The van der Waals surface area contributed by atoms with Gasteiger partial charge in [0.2, 0.25) is 0 Å². The van der Waals surface area contributed by atoms with Crippen LogP contribution in [-0.4, -0.2) is 16.1 Å². The molecule has 3 nitrogen and oxygen atoms in total. The molecule has 6 heteroatoms. The molecule has 0 aliphatic rings. The van der Waals surface area contributed by atoms with Gasteiger partial charge in [-0.25, -0.2) is 14.4 Å². The molecule has 1 atom stereocenters. The van der Waals surface area contributed by atoms with Gasteiger partial charge >= 0.3 is 0 Å². The van der Waals surface area contributed by atoms with E-state index in [1.165, 1.54) is 12.4 Å². The van der Waals surface area contributed by atoms with Gasteiger partial charge in [0.25, 0.3) is 0 Å². The van der Waals surface area contributed by atoms with Crippen molar-refractivity contribution in [2.75, 3.05) is 0 Å². The molecule has 2 aromatic rings. The maximum Gasteiger partial charge on any atom is 0.156 e. The largest absolute Gasteiger partial charge is 0.476 e. The van der Waals surface area contributed by atoms with Crippen LogP contribution in [0.25, 0.3) is 11.3 Å². The topological polar surface area (TPSA) is 35.0 Å². The molecule has 0 saturated carbocycles. The number of aryl methyl sites for hydroxylation is 1. The third-order valence-electron chi connectivity index (χ3n) is 3.04. The van der Waals surface area contributed by atoms with Crippen molar-refractivity contribution in [1.29, 1.82) is 0 Å². The Labute approximate surface area is 138 Å². The van der Waals surface area contributed by atoms with Crippen molar-refractivity contribution < 1.29 is 9.13 Å². The maximum atomic E-state index is 14.5. The van der Waals surface area contributed by atoms with Crippen LogP contribution >= 0.6 is 23.2 Å². The van der Waals surface area contributed by atoms with E-state index in [4.69, 9.17) is 34.4 Å². The fraction of sp³-hybridized carbons (Fsp3) is 0.250. The van der Waals surface area contributed by atoms with Crippen molar-refractivity contribution >= 4 is 23.2 Å². The maximum absolute atomic E-state index is 14.5. The zero-order valence-electron chi connectivity index (χ0n) is 12.0. The van der Waals surface area contributed by atoms with Crippen molar-refractivity contribution in [3.63, 3.8) is 0 Å².